The molecule has 14 heavy (non-hydrogen) atoms. The second-order valence-electron chi connectivity index (χ2n) is 3.02. The van der Waals surface area contributed by atoms with Crippen molar-refractivity contribution in [2.75, 3.05) is 13.2 Å². The Bertz CT molecular complexity index is 317. The molecule has 1 heterocycles. The zero-order valence-electron chi connectivity index (χ0n) is 7.65. The van der Waals surface area contributed by atoms with Crippen molar-refractivity contribution in [3.8, 4) is 0 Å². The molecule has 1 saturated heterocycles. The molecule has 0 unspecified atom stereocenters. The molecular formula is C10H10BClO2. The van der Waals surface area contributed by atoms with Crippen molar-refractivity contribution in [2.24, 2.45) is 0 Å². The first-order valence-electron chi connectivity index (χ1n) is 4.51. The van der Waals surface area contributed by atoms with E-state index in [1.54, 1.807) is 0 Å². The van der Waals surface area contributed by atoms with E-state index in [-0.39, 0.29) is 7.12 Å². The van der Waals surface area contributed by atoms with E-state index >= 15 is 0 Å². The second kappa shape index (κ2) is 4.64. The molecule has 4 heteroatoms. The molecule has 0 saturated carbocycles. The molecule has 72 valence electrons. The minimum absolute atomic E-state index is 0.189. The maximum absolute atomic E-state index is 5.77. The predicted octanol–water partition coefficient (Wildman–Crippen LogP) is 2.43. The molecule has 0 radical (unpaired) electrons. The van der Waals surface area contributed by atoms with Gasteiger partial charge >= 0.3 is 7.12 Å². The fourth-order valence-electron chi connectivity index (χ4n) is 1.25. The molecule has 0 atom stereocenters. The van der Waals surface area contributed by atoms with Gasteiger partial charge in [-0.25, -0.2) is 0 Å². The first-order valence-corrected chi connectivity index (χ1v) is 4.89. The summed E-state index contributed by atoms with van der Waals surface area (Å²) in [5, 5.41) is 0.746. The molecule has 0 aliphatic carbocycles. The summed E-state index contributed by atoms with van der Waals surface area (Å²) >= 11 is 5.77. The molecule has 2 rings (SSSR count). The van der Waals surface area contributed by atoms with E-state index in [1.807, 2.05) is 36.3 Å². The highest BCUT2D eigenvalue weighted by Crippen LogP contribution is 2.11. The van der Waals surface area contributed by atoms with Gasteiger partial charge in [-0.1, -0.05) is 35.8 Å². The monoisotopic (exact) mass is 208 g/mol. The van der Waals surface area contributed by atoms with Gasteiger partial charge in [-0.2, -0.15) is 0 Å². The molecule has 0 amide bonds. The second-order valence-corrected chi connectivity index (χ2v) is 3.46. The van der Waals surface area contributed by atoms with Crippen LogP contribution < -0.4 is 0 Å². The minimum Gasteiger partial charge on any atom is -0.405 e. The van der Waals surface area contributed by atoms with Crippen LogP contribution in [-0.2, 0) is 9.31 Å². The number of hydrogen-bond donors (Lipinski definition) is 0. The normalized spacial score (nSPS) is 16.8. The van der Waals surface area contributed by atoms with Crippen LogP contribution in [0.15, 0.2) is 30.2 Å². The van der Waals surface area contributed by atoms with Crippen molar-refractivity contribution in [1.82, 2.24) is 0 Å². The summed E-state index contributed by atoms with van der Waals surface area (Å²) in [6, 6.07) is 7.62. The maximum atomic E-state index is 5.77. The number of halogens is 1. The van der Waals surface area contributed by atoms with Crippen LogP contribution in [0.4, 0.5) is 0 Å². The zero-order valence-corrected chi connectivity index (χ0v) is 8.41. The summed E-state index contributed by atoms with van der Waals surface area (Å²) in [5.74, 6) is 1.90. The first-order chi connectivity index (χ1) is 6.84. The third-order valence-corrected chi connectivity index (χ3v) is 2.22. The SMILES string of the molecule is Clc1ccc(/C=C/B2OCCO2)cc1. The quantitative estimate of drug-likeness (QED) is 0.695. The smallest absolute Gasteiger partial charge is 0.405 e. The highest BCUT2D eigenvalue weighted by Gasteiger charge is 2.19. The summed E-state index contributed by atoms with van der Waals surface area (Å²) in [6.45, 7) is 1.35. The van der Waals surface area contributed by atoms with E-state index in [9.17, 15) is 0 Å². The number of benzene rings is 1. The van der Waals surface area contributed by atoms with Crippen molar-refractivity contribution in [2.45, 2.75) is 0 Å². The average Bonchev–Trinajstić information content (AvgIpc) is 2.70. The highest BCUT2D eigenvalue weighted by atomic mass is 35.5. The zero-order chi connectivity index (χ0) is 9.80. The molecule has 1 aromatic carbocycles. The van der Waals surface area contributed by atoms with Crippen LogP contribution in [0.2, 0.25) is 5.02 Å². The third kappa shape index (κ3) is 2.61. The Balaban J connectivity index is 1.99. The van der Waals surface area contributed by atoms with Gasteiger partial charge in [-0.05, 0) is 17.7 Å². The third-order valence-electron chi connectivity index (χ3n) is 1.96. The molecule has 0 spiro atoms. The van der Waals surface area contributed by atoms with E-state index in [2.05, 4.69) is 0 Å². The molecule has 2 nitrogen and oxygen atoms in total. The average molecular weight is 208 g/mol. The van der Waals surface area contributed by atoms with E-state index in [0.717, 1.165) is 10.6 Å². The first kappa shape index (κ1) is 9.78. The van der Waals surface area contributed by atoms with E-state index in [0.29, 0.717) is 13.2 Å². The summed E-state index contributed by atoms with van der Waals surface area (Å²) in [5.41, 5.74) is 1.09. The van der Waals surface area contributed by atoms with Gasteiger partial charge in [-0.3, -0.25) is 0 Å². The number of hydrogen-bond acceptors (Lipinski definition) is 2. The standard InChI is InChI=1S/C10H10BClO2/c12-10-3-1-9(2-4-10)5-6-11-13-7-8-14-11/h1-6H,7-8H2/b6-5+. The number of rotatable bonds is 2. The molecule has 1 aliphatic heterocycles. The van der Waals surface area contributed by atoms with Gasteiger partial charge in [0, 0.05) is 5.02 Å². The van der Waals surface area contributed by atoms with Crippen molar-refractivity contribution < 1.29 is 9.31 Å². The summed E-state index contributed by atoms with van der Waals surface area (Å²) < 4.78 is 10.5. The van der Waals surface area contributed by atoms with Gasteiger partial charge in [0.15, 0.2) is 0 Å². The van der Waals surface area contributed by atoms with Crippen LogP contribution in [0.5, 0.6) is 0 Å². The van der Waals surface area contributed by atoms with E-state index in [4.69, 9.17) is 20.9 Å². The Morgan fingerprint density at radius 2 is 1.79 bits per heavy atom. The summed E-state index contributed by atoms with van der Waals surface area (Å²) in [4.78, 5) is 0. The van der Waals surface area contributed by atoms with Gasteiger partial charge in [0.2, 0.25) is 0 Å². The lowest BCUT2D eigenvalue weighted by Crippen LogP contribution is -2.09. The Morgan fingerprint density at radius 1 is 1.14 bits per heavy atom. The predicted molar refractivity (Wildman–Crippen MR) is 58.1 cm³/mol. The van der Waals surface area contributed by atoms with E-state index in [1.165, 1.54) is 0 Å². The molecule has 1 fully saturated rings. The van der Waals surface area contributed by atoms with Gasteiger partial charge in [0.1, 0.15) is 0 Å². The van der Waals surface area contributed by atoms with Crippen LogP contribution in [0.25, 0.3) is 6.08 Å². The molecule has 0 aromatic heterocycles. The Labute approximate surface area is 88.6 Å². The van der Waals surface area contributed by atoms with Crippen LogP contribution in [0.3, 0.4) is 0 Å². The topological polar surface area (TPSA) is 18.5 Å². The Kier molecular flexibility index (Phi) is 3.24. The van der Waals surface area contributed by atoms with Crippen molar-refractivity contribution >= 4 is 24.8 Å². The van der Waals surface area contributed by atoms with Crippen LogP contribution in [-0.4, -0.2) is 20.3 Å². The molecule has 1 aromatic rings. The highest BCUT2D eigenvalue weighted by molar-refractivity contribution is 6.52. The molecule has 0 bridgehead atoms. The molecule has 0 N–H and O–H groups in total. The van der Waals surface area contributed by atoms with Gasteiger partial charge in [-0.15, -0.1) is 0 Å². The fraction of sp³-hybridized carbons (Fsp3) is 0.200. The Hall–Kier alpha value is -0.765. The Morgan fingerprint density at radius 3 is 2.43 bits per heavy atom. The van der Waals surface area contributed by atoms with Crippen LogP contribution in [0.1, 0.15) is 5.56 Å². The van der Waals surface area contributed by atoms with Crippen LogP contribution in [0, 0.1) is 0 Å². The summed E-state index contributed by atoms with van der Waals surface area (Å²) in [6.07, 6.45) is 1.96. The fourth-order valence-corrected chi connectivity index (χ4v) is 1.38. The van der Waals surface area contributed by atoms with Crippen LogP contribution >= 0.6 is 11.6 Å². The molecule has 1 aliphatic rings. The van der Waals surface area contributed by atoms with Gasteiger partial charge in [0.25, 0.3) is 0 Å². The lowest BCUT2D eigenvalue weighted by molar-refractivity contribution is 0.365. The van der Waals surface area contributed by atoms with Gasteiger partial charge in [0.05, 0.1) is 13.2 Å². The van der Waals surface area contributed by atoms with Crippen molar-refractivity contribution in [3.63, 3.8) is 0 Å². The van der Waals surface area contributed by atoms with Crippen molar-refractivity contribution in [3.05, 3.63) is 40.8 Å². The largest absolute Gasteiger partial charge is 0.486 e. The summed E-state index contributed by atoms with van der Waals surface area (Å²) in [7, 11) is -0.189. The minimum atomic E-state index is -0.189. The van der Waals surface area contributed by atoms with Crippen molar-refractivity contribution in [1.29, 1.82) is 0 Å². The van der Waals surface area contributed by atoms with E-state index < -0.39 is 0 Å². The lowest BCUT2D eigenvalue weighted by Gasteiger charge is -1.96. The maximum Gasteiger partial charge on any atom is 0.486 e. The van der Waals surface area contributed by atoms with Gasteiger partial charge < -0.3 is 9.31 Å². The molecular weight excluding hydrogens is 198 g/mol. The lowest BCUT2D eigenvalue weighted by atomic mass is 9.89.